The van der Waals surface area contributed by atoms with E-state index in [0.29, 0.717) is 6.54 Å². The highest BCUT2D eigenvalue weighted by atomic mass is 19.1. The summed E-state index contributed by atoms with van der Waals surface area (Å²) in [7, 11) is 1.93. The average molecular weight is 231 g/mol. The first-order valence-electron chi connectivity index (χ1n) is 5.93. The van der Waals surface area contributed by atoms with E-state index in [1.54, 1.807) is 0 Å². The van der Waals surface area contributed by atoms with E-state index in [0.717, 1.165) is 11.3 Å². The number of hydrogen-bond donors (Lipinski definition) is 0. The number of hydrogen-bond acceptors (Lipinski definition) is 1. The van der Waals surface area contributed by atoms with E-state index in [-0.39, 0.29) is 5.92 Å². The van der Waals surface area contributed by atoms with Crippen LogP contribution >= 0.6 is 0 Å². The lowest BCUT2D eigenvalue weighted by Gasteiger charge is -2.30. The molecule has 1 nitrogen and oxygen atoms in total. The Morgan fingerprint density at radius 2 is 2.00 bits per heavy atom. The predicted octanol–water partition coefficient (Wildman–Crippen LogP) is 3.50. The molecule has 17 heavy (non-hydrogen) atoms. The van der Waals surface area contributed by atoms with E-state index in [4.69, 9.17) is 0 Å². The van der Waals surface area contributed by atoms with Gasteiger partial charge in [0.2, 0.25) is 0 Å². The molecule has 2 atom stereocenters. The van der Waals surface area contributed by atoms with Gasteiger partial charge in [-0.15, -0.1) is 0 Å². The molecule has 0 aliphatic carbocycles. The molecule has 0 radical (unpaired) electrons. The highest BCUT2D eigenvalue weighted by molar-refractivity contribution is 5.49. The summed E-state index contributed by atoms with van der Waals surface area (Å²) in [6.07, 6.45) is 5.12. The van der Waals surface area contributed by atoms with Crippen LogP contribution < -0.4 is 0 Å². The third kappa shape index (κ3) is 2.96. The molecule has 2 heteroatoms. The molecular formula is C15H18FN. The number of rotatable bonds is 2. The fraction of sp³-hybridized carbons (Fsp3) is 0.333. The molecule has 0 saturated heterocycles. The van der Waals surface area contributed by atoms with Crippen LogP contribution in [-0.4, -0.2) is 24.7 Å². The minimum Gasteiger partial charge on any atom is -0.375 e. The first-order chi connectivity index (χ1) is 8.16. The lowest BCUT2D eigenvalue weighted by atomic mass is 9.96. The van der Waals surface area contributed by atoms with E-state index in [1.165, 1.54) is 0 Å². The topological polar surface area (TPSA) is 3.24 Å². The number of halogens is 1. The molecule has 0 N–H and O–H groups in total. The zero-order valence-electron chi connectivity index (χ0n) is 10.3. The molecule has 1 aliphatic heterocycles. The van der Waals surface area contributed by atoms with Gasteiger partial charge in [0, 0.05) is 25.2 Å². The molecule has 1 heterocycles. The average Bonchev–Trinajstić information content (AvgIpc) is 2.33. The van der Waals surface area contributed by atoms with E-state index >= 15 is 0 Å². The van der Waals surface area contributed by atoms with E-state index in [9.17, 15) is 4.39 Å². The van der Waals surface area contributed by atoms with Gasteiger partial charge in [0.15, 0.2) is 0 Å². The number of benzene rings is 1. The Bertz CT molecular complexity index is 422. The van der Waals surface area contributed by atoms with E-state index < -0.39 is 6.17 Å². The Kier molecular flexibility index (Phi) is 3.62. The van der Waals surface area contributed by atoms with Gasteiger partial charge in [0.1, 0.15) is 6.17 Å². The first-order valence-corrected chi connectivity index (χ1v) is 5.93. The van der Waals surface area contributed by atoms with Crippen molar-refractivity contribution in [1.82, 2.24) is 4.90 Å². The summed E-state index contributed by atoms with van der Waals surface area (Å²) in [5.74, 6) is -0.105. The zero-order valence-corrected chi connectivity index (χ0v) is 10.3. The minimum absolute atomic E-state index is 0.105. The predicted molar refractivity (Wildman–Crippen MR) is 70.2 cm³/mol. The smallest absolute Gasteiger partial charge is 0.127 e. The summed E-state index contributed by atoms with van der Waals surface area (Å²) in [6, 6.07) is 10.0. The van der Waals surface area contributed by atoms with Crippen molar-refractivity contribution in [3.8, 4) is 0 Å². The summed E-state index contributed by atoms with van der Waals surface area (Å²) in [6.45, 7) is 2.50. The van der Waals surface area contributed by atoms with Gasteiger partial charge in [-0.05, 0) is 12.5 Å². The molecule has 1 aliphatic rings. The third-order valence-electron chi connectivity index (χ3n) is 3.21. The SMILES string of the molecule is CC1=C[C@H](/C=C/c2ccccc2)C(F)CN1C. The van der Waals surface area contributed by atoms with Crippen molar-refractivity contribution in [1.29, 1.82) is 0 Å². The van der Waals surface area contributed by atoms with Crippen molar-refractivity contribution < 1.29 is 4.39 Å². The molecule has 2 rings (SSSR count). The lowest BCUT2D eigenvalue weighted by Crippen LogP contribution is -2.34. The van der Waals surface area contributed by atoms with Crippen LogP contribution in [-0.2, 0) is 0 Å². The maximum absolute atomic E-state index is 13.8. The summed E-state index contributed by atoms with van der Waals surface area (Å²) in [5, 5.41) is 0. The normalized spacial score (nSPS) is 25.1. The fourth-order valence-corrected chi connectivity index (χ4v) is 2.00. The maximum Gasteiger partial charge on any atom is 0.127 e. The second kappa shape index (κ2) is 5.17. The second-order valence-corrected chi connectivity index (χ2v) is 4.55. The van der Waals surface area contributed by atoms with Crippen LogP contribution in [0, 0.1) is 5.92 Å². The van der Waals surface area contributed by atoms with Gasteiger partial charge in [0.05, 0.1) is 0 Å². The quantitative estimate of drug-likeness (QED) is 0.753. The van der Waals surface area contributed by atoms with Crippen LogP contribution in [0.2, 0.25) is 0 Å². The molecule has 90 valence electrons. The van der Waals surface area contributed by atoms with Crippen molar-refractivity contribution in [2.24, 2.45) is 5.92 Å². The minimum atomic E-state index is -0.816. The highest BCUT2D eigenvalue weighted by Gasteiger charge is 2.23. The van der Waals surface area contributed by atoms with Gasteiger partial charge in [-0.3, -0.25) is 0 Å². The Labute approximate surface area is 102 Å². The van der Waals surface area contributed by atoms with E-state index in [1.807, 2.05) is 67.4 Å². The number of nitrogens with zero attached hydrogens (tertiary/aromatic N) is 1. The van der Waals surface area contributed by atoms with Crippen molar-refractivity contribution in [2.45, 2.75) is 13.1 Å². The van der Waals surface area contributed by atoms with Crippen LogP contribution in [0.4, 0.5) is 4.39 Å². The molecule has 0 saturated carbocycles. The van der Waals surface area contributed by atoms with Gasteiger partial charge in [-0.25, -0.2) is 4.39 Å². The maximum atomic E-state index is 13.8. The van der Waals surface area contributed by atoms with Crippen LogP contribution in [0.1, 0.15) is 12.5 Å². The van der Waals surface area contributed by atoms with Crippen LogP contribution in [0.15, 0.2) is 48.2 Å². The highest BCUT2D eigenvalue weighted by Crippen LogP contribution is 2.23. The van der Waals surface area contributed by atoms with Crippen LogP contribution in [0.25, 0.3) is 6.08 Å². The van der Waals surface area contributed by atoms with Gasteiger partial charge in [0.25, 0.3) is 0 Å². The number of alkyl halides is 1. The molecule has 1 aromatic rings. The summed E-state index contributed by atoms with van der Waals surface area (Å²) >= 11 is 0. The molecule has 0 amide bonds. The van der Waals surface area contributed by atoms with Gasteiger partial charge < -0.3 is 4.90 Å². The van der Waals surface area contributed by atoms with Crippen LogP contribution in [0.5, 0.6) is 0 Å². The third-order valence-corrected chi connectivity index (χ3v) is 3.21. The molecule has 0 aromatic heterocycles. The van der Waals surface area contributed by atoms with Gasteiger partial charge in [-0.1, -0.05) is 48.6 Å². The van der Waals surface area contributed by atoms with Crippen molar-refractivity contribution in [3.63, 3.8) is 0 Å². The largest absolute Gasteiger partial charge is 0.375 e. The molecule has 1 aromatic carbocycles. The zero-order chi connectivity index (χ0) is 12.3. The van der Waals surface area contributed by atoms with Crippen molar-refractivity contribution in [2.75, 3.05) is 13.6 Å². The fourth-order valence-electron chi connectivity index (χ4n) is 2.00. The molecular weight excluding hydrogens is 213 g/mol. The van der Waals surface area contributed by atoms with Crippen LogP contribution in [0.3, 0.4) is 0 Å². The Morgan fingerprint density at radius 1 is 1.29 bits per heavy atom. The summed E-state index contributed by atoms with van der Waals surface area (Å²) in [5.41, 5.74) is 2.26. The summed E-state index contributed by atoms with van der Waals surface area (Å²) in [4.78, 5) is 1.96. The second-order valence-electron chi connectivity index (χ2n) is 4.55. The van der Waals surface area contributed by atoms with Crippen molar-refractivity contribution >= 4 is 6.08 Å². The monoisotopic (exact) mass is 231 g/mol. The lowest BCUT2D eigenvalue weighted by molar-refractivity contribution is 0.204. The van der Waals surface area contributed by atoms with Gasteiger partial charge >= 0.3 is 0 Å². The van der Waals surface area contributed by atoms with Crippen molar-refractivity contribution in [3.05, 3.63) is 53.7 Å². The Morgan fingerprint density at radius 3 is 2.71 bits per heavy atom. The number of allylic oxidation sites excluding steroid dienone is 3. The molecule has 0 bridgehead atoms. The molecule has 0 spiro atoms. The molecule has 0 fully saturated rings. The Balaban J connectivity index is 2.11. The van der Waals surface area contributed by atoms with Gasteiger partial charge in [-0.2, -0.15) is 0 Å². The van der Waals surface area contributed by atoms with E-state index in [2.05, 4.69) is 0 Å². The first kappa shape index (κ1) is 11.9. The standard InChI is InChI=1S/C15H18FN/c1-12-10-14(15(16)11-17(12)2)9-8-13-6-4-3-5-7-13/h3-10,14-15H,11H2,1-2H3/b9-8+/t14-,15?/m0/s1. The summed E-state index contributed by atoms with van der Waals surface area (Å²) < 4.78 is 13.8. The molecule has 1 unspecified atom stereocenters. The Hall–Kier alpha value is -1.57.